The molecule has 0 aromatic carbocycles. The van der Waals surface area contributed by atoms with Gasteiger partial charge in [-0.1, -0.05) is 35.7 Å². The molecule has 29 heavy (non-hydrogen) atoms. The van der Waals surface area contributed by atoms with E-state index in [1.165, 1.54) is 23.5 Å². The average Bonchev–Trinajstić information content (AvgIpc) is 3.25. The average molecular weight is 428 g/mol. The number of ether oxygens (including phenoxy) is 1. The van der Waals surface area contributed by atoms with Crippen molar-refractivity contribution in [2.75, 3.05) is 13.2 Å². The minimum Gasteiger partial charge on any atom is -0.378 e. The molecule has 2 unspecified atom stereocenters. The molecule has 2 aliphatic heterocycles. The Morgan fingerprint density at radius 2 is 1.31 bits per heavy atom. The number of thioether (sulfide) groups is 2. The summed E-state index contributed by atoms with van der Waals surface area (Å²) in [6.07, 6.45) is 3.27. The highest BCUT2D eigenvalue weighted by Gasteiger charge is 2.33. The van der Waals surface area contributed by atoms with Crippen LogP contribution in [-0.2, 0) is 14.3 Å². The molecule has 0 saturated carbocycles. The van der Waals surface area contributed by atoms with Gasteiger partial charge in [-0.2, -0.15) is 0 Å². The number of aromatic nitrogens is 2. The van der Waals surface area contributed by atoms with Crippen LogP contribution in [-0.4, -0.2) is 55.8 Å². The van der Waals surface area contributed by atoms with Crippen LogP contribution in [0.15, 0.2) is 58.8 Å². The van der Waals surface area contributed by atoms with Gasteiger partial charge >= 0.3 is 0 Å². The van der Waals surface area contributed by atoms with Gasteiger partial charge in [0.05, 0.1) is 13.2 Å². The largest absolute Gasteiger partial charge is 0.378 e. The first kappa shape index (κ1) is 19.6. The van der Waals surface area contributed by atoms with Gasteiger partial charge in [-0.15, -0.1) is 0 Å². The minimum atomic E-state index is -0.423. The topological polar surface area (TPSA) is 118 Å². The molecule has 2 amide bonds. The highest BCUT2D eigenvalue weighted by Crippen LogP contribution is 2.25. The molecule has 0 aliphatic carbocycles. The zero-order chi connectivity index (χ0) is 20.1. The van der Waals surface area contributed by atoms with Crippen molar-refractivity contribution in [1.29, 1.82) is 0 Å². The molecule has 4 heterocycles. The molecule has 2 N–H and O–H groups in total. The Labute approximate surface area is 174 Å². The molecule has 0 radical (unpaired) electrons. The van der Waals surface area contributed by atoms with Crippen molar-refractivity contribution in [2.45, 2.75) is 10.5 Å². The third-order valence-corrected chi connectivity index (χ3v) is 5.92. The quantitative estimate of drug-likeness (QED) is 0.718. The van der Waals surface area contributed by atoms with Crippen LogP contribution in [0.5, 0.6) is 0 Å². The first-order valence-electron chi connectivity index (χ1n) is 8.69. The van der Waals surface area contributed by atoms with Crippen LogP contribution in [0.3, 0.4) is 0 Å². The van der Waals surface area contributed by atoms with E-state index in [1.807, 2.05) is 12.1 Å². The van der Waals surface area contributed by atoms with Crippen LogP contribution in [0.25, 0.3) is 0 Å². The van der Waals surface area contributed by atoms with Crippen LogP contribution in [0, 0.1) is 0 Å². The molecule has 0 bridgehead atoms. The number of carbonyl (C=O) groups excluding carboxylic acids is 2. The second kappa shape index (κ2) is 9.16. The van der Waals surface area contributed by atoms with E-state index in [4.69, 9.17) is 4.74 Å². The van der Waals surface area contributed by atoms with Crippen LogP contribution in [0.2, 0.25) is 0 Å². The number of hydrogen-bond acceptors (Lipinski definition) is 9. The molecular weight excluding hydrogens is 412 g/mol. The van der Waals surface area contributed by atoms with E-state index >= 15 is 0 Å². The van der Waals surface area contributed by atoms with E-state index < -0.39 is 10.5 Å². The van der Waals surface area contributed by atoms with Crippen molar-refractivity contribution in [3.8, 4) is 0 Å². The van der Waals surface area contributed by atoms with Gasteiger partial charge in [-0.05, 0) is 24.3 Å². The maximum atomic E-state index is 12.1. The maximum Gasteiger partial charge on any atom is 0.241 e. The number of nitrogens with one attached hydrogen (secondary N) is 2. The fourth-order valence-corrected chi connectivity index (χ4v) is 4.28. The van der Waals surface area contributed by atoms with Gasteiger partial charge in [0.1, 0.15) is 10.5 Å². The highest BCUT2D eigenvalue weighted by molar-refractivity contribution is 8.16. The fraction of sp³-hybridized carbons (Fsp3) is 0.222. The van der Waals surface area contributed by atoms with Crippen LogP contribution in [0.1, 0.15) is 0 Å². The summed E-state index contributed by atoms with van der Waals surface area (Å²) in [5, 5.41) is 5.56. The Hall–Kier alpha value is -2.76. The summed E-state index contributed by atoms with van der Waals surface area (Å²) < 4.78 is 5.63. The van der Waals surface area contributed by atoms with Gasteiger partial charge in [-0.3, -0.25) is 9.59 Å². The van der Waals surface area contributed by atoms with Crippen molar-refractivity contribution < 1.29 is 14.3 Å². The number of amides is 2. The standard InChI is InChI=1S/C18H16N6O3S2/c25-15-11(28-17(23-15)21-13-5-1-3-7-19-13)9-27-10-12-16(26)24-18(29-12)22-14-6-2-4-8-20-14/h1-8,11-12H,9-10H2,(H,19,21,23,25)(H,20,22,24,26). The Bertz CT molecular complexity index is 877. The summed E-state index contributed by atoms with van der Waals surface area (Å²) in [6, 6.07) is 10.7. The number of hydrogen-bond donors (Lipinski definition) is 2. The lowest BCUT2D eigenvalue weighted by atomic mass is 10.4. The van der Waals surface area contributed by atoms with E-state index in [-0.39, 0.29) is 25.0 Å². The summed E-state index contributed by atoms with van der Waals surface area (Å²) in [6.45, 7) is 0.351. The SMILES string of the molecule is O=C1NC(=Nc2ccccn2)SC1COCC1SC(=Nc2ccccn2)NC1=O. The van der Waals surface area contributed by atoms with E-state index in [2.05, 4.69) is 30.6 Å². The molecule has 2 aromatic rings. The van der Waals surface area contributed by atoms with Gasteiger partial charge in [0.2, 0.25) is 11.8 Å². The fourth-order valence-electron chi connectivity index (χ4n) is 2.47. The predicted molar refractivity (Wildman–Crippen MR) is 113 cm³/mol. The van der Waals surface area contributed by atoms with Gasteiger partial charge in [0, 0.05) is 12.4 Å². The molecule has 4 rings (SSSR count). The zero-order valence-electron chi connectivity index (χ0n) is 15.0. The monoisotopic (exact) mass is 428 g/mol. The third-order valence-electron chi connectivity index (χ3n) is 3.82. The molecule has 2 atom stereocenters. The number of amidine groups is 2. The highest BCUT2D eigenvalue weighted by atomic mass is 32.2. The van der Waals surface area contributed by atoms with Crippen LogP contribution in [0.4, 0.5) is 11.6 Å². The van der Waals surface area contributed by atoms with Gasteiger partial charge < -0.3 is 15.4 Å². The number of carbonyl (C=O) groups is 2. The van der Waals surface area contributed by atoms with E-state index in [1.54, 1.807) is 36.7 Å². The van der Waals surface area contributed by atoms with E-state index in [0.29, 0.717) is 22.0 Å². The molecule has 2 saturated heterocycles. The van der Waals surface area contributed by atoms with Crippen molar-refractivity contribution >= 4 is 57.3 Å². The number of rotatable bonds is 6. The number of aliphatic imine (C=N–C) groups is 2. The molecular formula is C18H16N6O3S2. The minimum absolute atomic E-state index is 0.175. The lowest BCUT2D eigenvalue weighted by Gasteiger charge is -2.09. The predicted octanol–water partition coefficient (Wildman–Crippen LogP) is 1.63. The normalized spacial score (nSPS) is 24.1. The van der Waals surface area contributed by atoms with Crippen molar-refractivity contribution in [1.82, 2.24) is 20.6 Å². The van der Waals surface area contributed by atoms with Gasteiger partial charge in [0.25, 0.3) is 0 Å². The Kier molecular flexibility index (Phi) is 6.17. The third kappa shape index (κ3) is 5.19. The first-order chi connectivity index (χ1) is 14.2. The Morgan fingerprint density at radius 1 is 0.828 bits per heavy atom. The molecule has 9 nitrogen and oxygen atoms in total. The van der Waals surface area contributed by atoms with Gasteiger partial charge in [0.15, 0.2) is 22.0 Å². The Balaban J connectivity index is 1.27. The number of nitrogens with zero attached hydrogens (tertiary/aromatic N) is 4. The molecule has 11 heteroatoms. The second-order valence-electron chi connectivity index (χ2n) is 5.94. The van der Waals surface area contributed by atoms with Crippen molar-refractivity contribution in [2.24, 2.45) is 9.98 Å². The van der Waals surface area contributed by atoms with E-state index in [9.17, 15) is 9.59 Å². The molecule has 0 spiro atoms. The van der Waals surface area contributed by atoms with E-state index in [0.717, 1.165) is 0 Å². The summed E-state index contributed by atoms with van der Waals surface area (Å²) in [7, 11) is 0. The molecule has 2 aliphatic rings. The first-order valence-corrected chi connectivity index (χ1v) is 10.5. The Morgan fingerprint density at radius 3 is 1.72 bits per heavy atom. The zero-order valence-corrected chi connectivity index (χ0v) is 16.7. The summed E-state index contributed by atoms with van der Waals surface area (Å²) >= 11 is 2.57. The van der Waals surface area contributed by atoms with Crippen molar-refractivity contribution in [3.63, 3.8) is 0 Å². The summed E-state index contributed by atoms with van der Waals surface area (Å²) in [4.78, 5) is 41.0. The molecule has 148 valence electrons. The second-order valence-corrected chi connectivity index (χ2v) is 8.32. The number of pyridine rings is 2. The lowest BCUT2D eigenvalue weighted by Crippen LogP contribution is -2.31. The molecule has 2 aromatic heterocycles. The smallest absolute Gasteiger partial charge is 0.241 e. The molecule has 2 fully saturated rings. The lowest BCUT2D eigenvalue weighted by molar-refractivity contribution is -0.120. The van der Waals surface area contributed by atoms with Gasteiger partial charge in [-0.25, -0.2) is 20.0 Å². The van der Waals surface area contributed by atoms with Crippen LogP contribution >= 0.6 is 23.5 Å². The van der Waals surface area contributed by atoms with Crippen molar-refractivity contribution in [3.05, 3.63) is 48.8 Å². The summed E-state index contributed by atoms with van der Waals surface area (Å²) in [5.41, 5.74) is 0. The summed E-state index contributed by atoms with van der Waals surface area (Å²) in [5.74, 6) is 0.697. The maximum absolute atomic E-state index is 12.1. The van der Waals surface area contributed by atoms with Crippen LogP contribution < -0.4 is 10.6 Å².